The molecule has 0 spiro atoms. The van der Waals surface area contributed by atoms with Crippen LogP contribution in [-0.4, -0.2) is 31.0 Å². The van der Waals surface area contributed by atoms with Crippen LogP contribution in [0.15, 0.2) is 65.7 Å². The molecule has 2 aromatic carbocycles. The van der Waals surface area contributed by atoms with E-state index in [1.54, 1.807) is 0 Å². The fourth-order valence-electron chi connectivity index (χ4n) is 3.32. The average molecular weight is 337 g/mol. The van der Waals surface area contributed by atoms with Gasteiger partial charge in [-0.15, -0.1) is 10.9 Å². The summed E-state index contributed by atoms with van der Waals surface area (Å²) in [5.41, 5.74) is 12.6. The highest BCUT2D eigenvalue weighted by molar-refractivity contribution is 6.97. The average Bonchev–Trinajstić information content (AvgIpc) is 2.98. The second kappa shape index (κ2) is 7.40. The smallest absolute Gasteiger partial charge is 0.293 e. The Morgan fingerprint density at radius 1 is 1.04 bits per heavy atom. The Bertz CT molecular complexity index is 709. The van der Waals surface area contributed by atoms with Crippen molar-refractivity contribution in [2.75, 3.05) is 6.54 Å². The largest absolute Gasteiger partial charge is 0.667 e. The Labute approximate surface area is 147 Å². The molecule has 0 bridgehead atoms. The molecule has 0 unspecified atom stereocenters. The zero-order chi connectivity index (χ0) is 17.7. The van der Waals surface area contributed by atoms with Crippen molar-refractivity contribution in [3.63, 3.8) is 0 Å². The quantitative estimate of drug-likeness (QED) is 0.293. The van der Waals surface area contributed by atoms with Crippen LogP contribution in [0.4, 0.5) is 0 Å². The first-order valence-electron chi connectivity index (χ1n) is 8.43. The Morgan fingerprint density at radius 2 is 1.60 bits per heavy atom. The normalized spacial score (nSPS) is 18.6. The second-order valence-electron chi connectivity index (χ2n) is 6.21. The summed E-state index contributed by atoms with van der Waals surface area (Å²) in [5, 5.41) is 3.45. The molecular weight excluding hydrogens is 315 g/mol. The van der Waals surface area contributed by atoms with Gasteiger partial charge in [0.2, 0.25) is 0 Å². The molecule has 0 saturated carbocycles. The second-order valence-corrected chi connectivity index (χ2v) is 6.21. The van der Waals surface area contributed by atoms with Gasteiger partial charge in [-0.2, -0.15) is 0 Å². The minimum Gasteiger partial charge on any atom is -0.667 e. The Balaban J connectivity index is 1.85. The lowest BCUT2D eigenvalue weighted by Gasteiger charge is -2.37. The molecule has 0 radical (unpaired) electrons. The first-order chi connectivity index (χ1) is 12.1. The van der Waals surface area contributed by atoms with E-state index in [0.29, 0.717) is 19.4 Å². The van der Waals surface area contributed by atoms with E-state index in [1.807, 2.05) is 60.7 Å². The van der Waals surface area contributed by atoms with Crippen molar-refractivity contribution >= 4 is 29.3 Å². The molecule has 1 saturated heterocycles. The van der Waals surface area contributed by atoms with Crippen molar-refractivity contribution in [2.45, 2.75) is 18.9 Å². The Hall–Kier alpha value is -2.80. The fourth-order valence-corrected chi connectivity index (χ4v) is 3.32. The number of rotatable bonds is 6. The molecule has 1 atom stereocenters. The predicted molar refractivity (Wildman–Crippen MR) is 101 cm³/mol. The summed E-state index contributed by atoms with van der Waals surface area (Å²) < 4.78 is 5.94. The zero-order valence-electron chi connectivity index (χ0n) is 14.0. The summed E-state index contributed by atoms with van der Waals surface area (Å²) in [6.07, 6.45) is 1.30. The SMILES string of the molecule is NC(N)=NCCC[C@@H]1N[B-](c2ccccc2)(c2ccccc2)OC1=O. The molecule has 5 N–H and O–H groups in total. The molecule has 1 aliphatic rings. The van der Waals surface area contributed by atoms with Crippen LogP contribution in [0.2, 0.25) is 0 Å². The number of nitrogens with two attached hydrogens (primary N) is 2. The molecule has 0 aliphatic carbocycles. The van der Waals surface area contributed by atoms with Crippen LogP contribution < -0.4 is 27.6 Å². The molecule has 1 aliphatic heterocycles. The molecular formula is C18H22BN4O2-. The van der Waals surface area contributed by atoms with Gasteiger partial charge in [-0.1, -0.05) is 60.7 Å². The molecule has 25 heavy (non-hydrogen) atoms. The molecule has 130 valence electrons. The van der Waals surface area contributed by atoms with Gasteiger partial charge in [-0.25, -0.2) is 0 Å². The third kappa shape index (κ3) is 3.66. The molecule has 0 aromatic heterocycles. The van der Waals surface area contributed by atoms with Crippen LogP contribution in [0.25, 0.3) is 0 Å². The van der Waals surface area contributed by atoms with Gasteiger partial charge in [0.05, 0.1) is 6.04 Å². The van der Waals surface area contributed by atoms with E-state index >= 15 is 0 Å². The number of hydrogen-bond acceptors (Lipinski definition) is 4. The van der Waals surface area contributed by atoms with Gasteiger partial charge in [0, 0.05) is 6.54 Å². The maximum atomic E-state index is 12.5. The zero-order valence-corrected chi connectivity index (χ0v) is 14.0. The number of guanidine groups is 1. The monoisotopic (exact) mass is 337 g/mol. The summed E-state index contributed by atoms with van der Waals surface area (Å²) in [4.78, 5) is 16.5. The van der Waals surface area contributed by atoms with E-state index < -0.39 is 6.48 Å². The number of benzene rings is 2. The molecule has 1 heterocycles. The number of aliphatic imine (C=N–C) groups is 1. The van der Waals surface area contributed by atoms with Crippen molar-refractivity contribution in [3.05, 3.63) is 60.7 Å². The van der Waals surface area contributed by atoms with E-state index in [4.69, 9.17) is 16.1 Å². The summed E-state index contributed by atoms with van der Waals surface area (Å²) in [7, 11) is 0. The van der Waals surface area contributed by atoms with E-state index in [1.165, 1.54) is 0 Å². The van der Waals surface area contributed by atoms with E-state index in [-0.39, 0.29) is 18.0 Å². The highest BCUT2D eigenvalue weighted by Gasteiger charge is 2.42. The first kappa shape index (κ1) is 17.0. The molecule has 6 nitrogen and oxygen atoms in total. The van der Waals surface area contributed by atoms with Gasteiger partial charge in [0.25, 0.3) is 12.5 Å². The molecule has 7 heteroatoms. The minimum absolute atomic E-state index is 0.0640. The number of nitrogens with zero attached hydrogens (tertiary/aromatic N) is 1. The number of hydrogen-bond donors (Lipinski definition) is 3. The van der Waals surface area contributed by atoms with Crippen molar-refractivity contribution < 1.29 is 9.45 Å². The summed E-state index contributed by atoms with van der Waals surface area (Å²) in [5.74, 6) is -0.175. The fraction of sp³-hybridized carbons (Fsp3) is 0.222. The maximum absolute atomic E-state index is 12.5. The molecule has 2 aromatic rings. The summed E-state index contributed by atoms with van der Waals surface area (Å²) in [6.45, 7) is -1.29. The standard InChI is InChI=1S/C18H22BN4O2/c20-18(21)22-13-7-12-16-17(24)25-19(23-16,14-8-3-1-4-9-14)15-10-5-2-6-11-15/h1-6,8-11,16,23H,7,12-13H2,(H4,20,21,22)/q-1/t16-/m0/s1. The van der Waals surface area contributed by atoms with Crippen LogP contribution in [0.1, 0.15) is 12.8 Å². The lowest BCUT2D eigenvalue weighted by atomic mass is 9.42. The van der Waals surface area contributed by atoms with Gasteiger partial charge in [0.15, 0.2) is 5.96 Å². The Morgan fingerprint density at radius 3 is 2.12 bits per heavy atom. The number of carbonyl (C=O) groups excluding carboxylic acids is 1. The van der Waals surface area contributed by atoms with Gasteiger partial charge in [-0.05, 0) is 12.8 Å². The lowest BCUT2D eigenvalue weighted by Crippen LogP contribution is -2.68. The van der Waals surface area contributed by atoms with E-state index in [9.17, 15) is 4.79 Å². The van der Waals surface area contributed by atoms with Gasteiger partial charge in [-0.3, -0.25) is 9.79 Å². The first-order valence-corrected chi connectivity index (χ1v) is 8.43. The van der Waals surface area contributed by atoms with Crippen molar-refractivity contribution in [1.82, 2.24) is 5.23 Å². The molecule has 1 fully saturated rings. The number of nitrogens with one attached hydrogen (secondary N) is 1. The summed E-state index contributed by atoms with van der Waals surface area (Å²) >= 11 is 0. The minimum atomic E-state index is -1.78. The molecule has 0 amide bonds. The Kier molecular flexibility index (Phi) is 5.04. The van der Waals surface area contributed by atoms with Crippen LogP contribution in [0.5, 0.6) is 0 Å². The van der Waals surface area contributed by atoms with Crippen LogP contribution >= 0.6 is 0 Å². The highest BCUT2D eigenvalue weighted by atomic mass is 16.5. The van der Waals surface area contributed by atoms with Crippen molar-refractivity contribution in [1.29, 1.82) is 0 Å². The van der Waals surface area contributed by atoms with Crippen LogP contribution in [0, 0.1) is 0 Å². The van der Waals surface area contributed by atoms with Crippen LogP contribution in [0.3, 0.4) is 0 Å². The third-order valence-corrected chi connectivity index (χ3v) is 4.50. The van der Waals surface area contributed by atoms with E-state index in [2.05, 4.69) is 10.2 Å². The van der Waals surface area contributed by atoms with Gasteiger partial charge >= 0.3 is 0 Å². The maximum Gasteiger partial charge on any atom is 0.293 e. The van der Waals surface area contributed by atoms with Crippen molar-refractivity contribution in [3.8, 4) is 0 Å². The van der Waals surface area contributed by atoms with Gasteiger partial charge in [0.1, 0.15) is 0 Å². The third-order valence-electron chi connectivity index (χ3n) is 4.50. The van der Waals surface area contributed by atoms with Crippen molar-refractivity contribution in [2.24, 2.45) is 16.5 Å². The highest BCUT2D eigenvalue weighted by Crippen LogP contribution is 2.17. The summed E-state index contributed by atoms with van der Waals surface area (Å²) in [6, 6.07) is 19.2. The lowest BCUT2D eigenvalue weighted by molar-refractivity contribution is -0.134. The molecule has 3 rings (SSSR count). The predicted octanol–water partition coefficient (Wildman–Crippen LogP) is -0.188. The van der Waals surface area contributed by atoms with Gasteiger partial charge < -0.3 is 21.3 Å². The number of carbonyl (C=O) groups is 1. The topological polar surface area (TPSA) is 103 Å². The van der Waals surface area contributed by atoms with E-state index in [0.717, 1.165) is 10.9 Å². The van der Waals surface area contributed by atoms with Crippen LogP contribution in [-0.2, 0) is 9.45 Å².